The Balaban J connectivity index is 1.79. The van der Waals surface area contributed by atoms with E-state index in [9.17, 15) is 19.2 Å². The monoisotopic (exact) mass is 468 g/mol. The number of carbonyl (C=O) groups excluding carboxylic acids is 3. The Morgan fingerprint density at radius 2 is 1.69 bits per heavy atom. The van der Waals surface area contributed by atoms with E-state index in [1.807, 2.05) is 13.0 Å². The standard InChI is InChI=1S/C27H24N4O4/c1-16-11-12-22(28-18(3)33)21(13-16)26-27(35)31(24-10-5-4-9-23(24)30-26)15-25(34)29-20-8-6-7-19(14-20)17(2)32/h4-14H,15H2,1-3H3,(H,28,33)(H,29,34). The van der Waals surface area contributed by atoms with Gasteiger partial charge in [0, 0.05) is 23.7 Å². The van der Waals surface area contributed by atoms with Crippen molar-refractivity contribution in [2.24, 2.45) is 0 Å². The minimum atomic E-state index is -0.464. The molecule has 0 unspecified atom stereocenters. The van der Waals surface area contributed by atoms with Crippen molar-refractivity contribution in [1.29, 1.82) is 0 Å². The molecule has 8 heteroatoms. The maximum atomic E-state index is 13.6. The highest BCUT2D eigenvalue weighted by Crippen LogP contribution is 2.27. The van der Waals surface area contributed by atoms with Gasteiger partial charge in [0.2, 0.25) is 11.8 Å². The zero-order valence-corrected chi connectivity index (χ0v) is 19.6. The van der Waals surface area contributed by atoms with E-state index in [1.165, 1.54) is 18.4 Å². The van der Waals surface area contributed by atoms with Gasteiger partial charge in [-0.25, -0.2) is 4.98 Å². The summed E-state index contributed by atoms with van der Waals surface area (Å²) in [7, 11) is 0. The van der Waals surface area contributed by atoms with Gasteiger partial charge in [0.05, 0.1) is 16.7 Å². The average molecular weight is 469 g/mol. The van der Waals surface area contributed by atoms with Gasteiger partial charge in [0.15, 0.2) is 5.78 Å². The first-order valence-corrected chi connectivity index (χ1v) is 11.0. The van der Waals surface area contributed by atoms with Gasteiger partial charge in [0.1, 0.15) is 12.2 Å². The Hall–Kier alpha value is -4.59. The fourth-order valence-electron chi connectivity index (χ4n) is 3.84. The number of para-hydroxylation sites is 2. The molecule has 35 heavy (non-hydrogen) atoms. The summed E-state index contributed by atoms with van der Waals surface area (Å²) >= 11 is 0. The average Bonchev–Trinajstić information content (AvgIpc) is 2.82. The number of nitrogens with one attached hydrogen (secondary N) is 2. The van der Waals surface area contributed by atoms with Crippen LogP contribution in [0.25, 0.3) is 22.3 Å². The van der Waals surface area contributed by atoms with Crippen molar-refractivity contribution in [3.63, 3.8) is 0 Å². The lowest BCUT2D eigenvalue weighted by atomic mass is 10.1. The second kappa shape index (κ2) is 9.72. The summed E-state index contributed by atoms with van der Waals surface area (Å²) in [6.45, 7) is 4.45. The molecule has 4 rings (SSSR count). The van der Waals surface area contributed by atoms with Crippen LogP contribution in [0, 0.1) is 6.92 Å². The molecule has 0 fully saturated rings. The van der Waals surface area contributed by atoms with E-state index >= 15 is 0 Å². The molecule has 1 aromatic heterocycles. The number of carbonyl (C=O) groups is 3. The van der Waals surface area contributed by atoms with Crippen LogP contribution in [0.4, 0.5) is 11.4 Å². The van der Waals surface area contributed by atoms with Gasteiger partial charge < -0.3 is 10.6 Å². The molecule has 0 atom stereocenters. The van der Waals surface area contributed by atoms with E-state index in [4.69, 9.17) is 0 Å². The maximum Gasteiger partial charge on any atom is 0.278 e. The number of hydrogen-bond donors (Lipinski definition) is 2. The van der Waals surface area contributed by atoms with Crippen LogP contribution in [-0.4, -0.2) is 27.1 Å². The molecule has 2 N–H and O–H groups in total. The zero-order chi connectivity index (χ0) is 25.1. The number of fused-ring (bicyclic) bond motifs is 1. The van der Waals surface area contributed by atoms with Crippen molar-refractivity contribution < 1.29 is 14.4 Å². The third kappa shape index (κ3) is 5.16. The van der Waals surface area contributed by atoms with E-state index in [1.54, 1.807) is 60.7 Å². The topological polar surface area (TPSA) is 110 Å². The highest BCUT2D eigenvalue weighted by atomic mass is 16.2. The minimum absolute atomic E-state index is 0.116. The number of ketones is 1. The Labute approximate surface area is 201 Å². The Bertz CT molecular complexity index is 1540. The lowest BCUT2D eigenvalue weighted by Crippen LogP contribution is -2.30. The van der Waals surface area contributed by atoms with E-state index in [0.717, 1.165) is 5.56 Å². The molecule has 0 radical (unpaired) electrons. The molecule has 0 aliphatic rings. The second-order valence-corrected chi connectivity index (χ2v) is 8.26. The Morgan fingerprint density at radius 3 is 2.43 bits per heavy atom. The molecule has 2 amide bonds. The molecule has 0 aliphatic carbocycles. The minimum Gasteiger partial charge on any atom is -0.326 e. The fourth-order valence-corrected chi connectivity index (χ4v) is 3.84. The summed E-state index contributed by atoms with van der Waals surface area (Å²) in [5, 5.41) is 5.50. The predicted octanol–water partition coefficient (Wildman–Crippen LogP) is 4.17. The number of hydrogen-bond acceptors (Lipinski definition) is 5. The number of anilines is 2. The third-order valence-electron chi connectivity index (χ3n) is 5.45. The van der Waals surface area contributed by atoms with Gasteiger partial charge in [-0.2, -0.15) is 0 Å². The molecule has 8 nitrogen and oxygen atoms in total. The van der Waals surface area contributed by atoms with Crippen molar-refractivity contribution >= 4 is 40.0 Å². The third-order valence-corrected chi connectivity index (χ3v) is 5.45. The van der Waals surface area contributed by atoms with Gasteiger partial charge in [-0.05, 0) is 50.2 Å². The maximum absolute atomic E-state index is 13.6. The summed E-state index contributed by atoms with van der Waals surface area (Å²) in [5.41, 5.74) is 3.45. The van der Waals surface area contributed by atoms with Crippen LogP contribution in [-0.2, 0) is 16.1 Å². The van der Waals surface area contributed by atoms with E-state index in [-0.39, 0.29) is 23.9 Å². The molecule has 0 saturated heterocycles. The van der Waals surface area contributed by atoms with Gasteiger partial charge in [-0.1, -0.05) is 35.9 Å². The molecule has 4 aromatic rings. The summed E-state index contributed by atoms with van der Waals surface area (Å²) in [5.74, 6) is -0.819. The molecule has 0 bridgehead atoms. The van der Waals surface area contributed by atoms with Crippen molar-refractivity contribution in [2.45, 2.75) is 27.3 Å². The molecule has 176 valence electrons. The van der Waals surface area contributed by atoms with Gasteiger partial charge in [-0.3, -0.25) is 23.7 Å². The lowest BCUT2D eigenvalue weighted by Gasteiger charge is -2.15. The SMILES string of the molecule is CC(=O)Nc1ccc(C)cc1-c1nc2ccccc2n(CC(=O)Nc2cccc(C(C)=O)c2)c1=O. The fraction of sp³-hybridized carbons (Fsp3) is 0.148. The number of aryl methyl sites for hydroxylation is 1. The lowest BCUT2D eigenvalue weighted by molar-refractivity contribution is -0.117. The summed E-state index contributed by atoms with van der Waals surface area (Å²) in [4.78, 5) is 54.6. The molecule has 0 saturated carbocycles. The number of Topliss-reactive ketones (excluding diaryl/α,β-unsaturated/α-hetero) is 1. The first-order chi connectivity index (χ1) is 16.7. The van der Waals surface area contributed by atoms with Crippen LogP contribution in [0.15, 0.2) is 71.5 Å². The largest absolute Gasteiger partial charge is 0.326 e. The first kappa shape index (κ1) is 23.6. The molecule has 0 aliphatic heterocycles. The summed E-state index contributed by atoms with van der Waals surface area (Å²) in [6, 6.07) is 19.0. The zero-order valence-electron chi connectivity index (χ0n) is 19.6. The van der Waals surface area contributed by atoms with Crippen LogP contribution < -0.4 is 16.2 Å². The number of nitrogens with zero attached hydrogens (tertiary/aromatic N) is 2. The summed E-state index contributed by atoms with van der Waals surface area (Å²) in [6.07, 6.45) is 0. The van der Waals surface area contributed by atoms with E-state index in [2.05, 4.69) is 15.6 Å². The Kier molecular flexibility index (Phi) is 6.55. The number of benzene rings is 3. The smallest absolute Gasteiger partial charge is 0.278 e. The van der Waals surface area contributed by atoms with Gasteiger partial charge >= 0.3 is 0 Å². The highest BCUT2D eigenvalue weighted by Gasteiger charge is 2.18. The molecule has 3 aromatic carbocycles. The molecule has 1 heterocycles. The predicted molar refractivity (Wildman–Crippen MR) is 136 cm³/mol. The normalized spacial score (nSPS) is 10.7. The van der Waals surface area contributed by atoms with E-state index < -0.39 is 11.5 Å². The summed E-state index contributed by atoms with van der Waals surface area (Å²) < 4.78 is 1.36. The van der Waals surface area contributed by atoms with Crippen molar-refractivity contribution in [1.82, 2.24) is 9.55 Å². The highest BCUT2D eigenvalue weighted by molar-refractivity contribution is 5.97. The van der Waals surface area contributed by atoms with Crippen LogP contribution in [0.2, 0.25) is 0 Å². The van der Waals surface area contributed by atoms with Gasteiger partial charge in [0.25, 0.3) is 5.56 Å². The van der Waals surface area contributed by atoms with Crippen LogP contribution >= 0.6 is 0 Å². The molecular weight excluding hydrogens is 444 g/mol. The van der Waals surface area contributed by atoms with Crippen LogP contribution in [0.1, 0.15) is 29.8 Å². The quantitative estimate of drug-likeness (QED) is 0.413. The van der Waals surface area contributed by atoms with Crippen LogP contribution in [0.3, 0.4) is 0 Å². The van der Waals surface area contributed by atoms with E-state index in [0.29, 0.717) is 33.5 Å². The van der Waals surface area contributed by atoms with Gasteiger partial charge in [-0.15, -0.1) is 0 Å². The second-order valence-electron chi connectivity index (χ2n) is 8.26. The van der Waals surface area contributed by atoms with Crippen molar-refractivity contribution in [3.05, 3.63) is 88.2 Å². The number of rotatable bonds is 6. The molecule has 0 spiro atoms. The number of amides is 2. The first-order valence-electron chi connectivity index (χ1n) is 11.0. The number of aromatic nitrogens is 2. The van der Waals surface area contributed by atoms with Crippen LogP contribution in [0.5, 0.6) is 0 Å². The Morgan fingerprint density at radius 1 is 0.914 bits per heavy atom. The van der Waals surface area contributed by atoms with Crippen molar-refractivity contribution in [3.8, 4) is 11.3 Å². The van der Waals surface area contributed by atoms with Crippen molar-refractivity contribution in [2.75, 3.05) is 10.6 Å². The molecular formula is C27H24N4O4.